The van der Waals surface area contributed by atoms with Crippen molar-refractivity contribution >= 4 is 5.82 Å². The predicted molar refractivity (Wildman–Crippen MR) is 81.5 cm³/mol. The van der Waals surface area contributed by atoms with Crippen LogP contribution >= 0.6 is 0 Å². The highest BCUT2D eigenvalue weighted by atomic mass is 16.5. The maximum absolute atomic E-state index is 5.81. The highest BCUT2D eigenvalue weighted by Crippen LogP contribution is 2.29. The lowest BCUT2D eigenvalue weighted by Gasteiger charge is -2.20. The third-order valence-electron chi connectivity index (χ3n) is 3.12. The lowest BCUT2D eigenvalue weighted by molar-refractivity contribution is 0.456. The summed E-state index contributed by atoms with van der Waals surface area (Å²) < 4.78 is 5.81. The number of benzene rings is 1. The number of rotatable bonds is 3. The molecule has 0 saturated heterocycles. The molecule has 20 heavy (non-hydrogen) atoms. The van der Waals surface area contributed by atoms with E-state index in [1.165, 1.54) is 5.56 Å². The van der Waals surface area contributed by atoms with Crippen LogP contribution in [0.2, 0.25) is 0 Å². The van der Waals surface area contributed by atoms with Crippen LogP contribution in [0.1, 0.15) is 31.9 Å². The molecule has 2 rings (SSSR count). The quantitative estimate of drug-likeness (QED) is 0.919. The summed E-state index contributed by atoms with van der Waals surface area (Å²) in [6.45, 7) is 8.64. The summed E-state index contributed by atoms with van der Waals surface area (Å²) in [5, 5.41) is 2.94. The Bertz CT molecular complexity index is 603. The van der Waals surface area contributed by atoms with Gasteiger partial charge in [-0.1, -0.05) is 32.9 Å². The van der Waals surface area contributed by atoms with Gasteiger partial charge in [0.15, 0.2) is 0 Å². The van der Waals surface area contributed by atoms with Gasteiger partial charge >= 0.3 is 0 Å². The molecule has 0 unspecified atom stereocenters. The van der Waals surface area contributed by atoms with Gasteiger partial charge < -0.3 is 10.1 Å². The minimum atomic E-state index is 0.134. The lowest BCUT2D eigenvalue weighted by Crippen LogP contribution is -2.11. The predicted octanol–water partition coefficient (Wildman–Crippen LogP) is 3.92. The molecular weight excluding hydrogens is 250 g/mol. The Labute approximate surface area is 120 Å². The molecule has 0 spiro atoms. The van der Waals surface area contributed by atoms with Crippen molar-refractivity contribution in [1.29, 1.82) is 0 Å². The summed E-state index contributed by atoms with van der Waals surface area (Å²) in [7, 11) is 1.80. The zero-order valence-electron chi connectivity index (χ0n) is 12.7. The minimum absolute atomic E-state index is 0.134. The van der Waals surface area contributed by atoms with E-state index in [9.17, 15) is 0 Å². The first-order valence-corrected chi connectivity index (χ1v) is 6.69. The number of nitrogens with one attached hydrogen (secondary N) is 1. The first-order valence-electron chi connectivity index (χ1n) is 6.69. The van der Waals surface area contributed by atoms with Gasteiger partial charge in [-0.05, 0) is 29.5 Å². The Morgan fingerprint density at radius 3 is 2.50 bits per heavy atom. The molecule has 106 valence electrons. The van der Waals surface area contributed by atoms with E-state index in [-0.39, 0.29) is 5.41 Å². The molecule has 0 radical (unpaired) electrons. The van der Waals surface area contributed by atoms with Crippen LogP contribution in [0.5, 0.6) is 11.6 Å². The smallest absolute Gasteiger partial charge is 0.239 e. The second-order valence-electron chi connectivity index (χ2n) is 5.82. The van der Waals surface area contributed by atoms with Crippen molar-refractivity contribution in [3.8, 4) is 11.6 Å². The normalized spacial score (nSPS) is 11.2. The number of aromatic nitrogens is 2. The van der Waals surface area contributed by atoms with Crippen LogP contribution in [0, 0.1) is 6.92 Å². The SMILES string of the molecule is CNc1cncc(Oc2ccc(C(C)(C)C)cc2C)n1. The molecule has 4 heteroatoms. The van der Waals surface area contributed by atoms with Gasteiger partial charge in [0, 0.05) is 7.05 Å². The maximum Gasteiger partial charge on any atom is 0.239 e. The van der Waals surface area contributed by atoms with E-state index < -0.39 is 0 Å². The fourth-order valence-electron chi connectivity index (χ4n) is 1.86. The molecule has 4 nitrogen and oxygen atoms in total. The minimum Gasteiger partial charge on any atom is -0.437 e. The Morgan fingerprint density at radius 2 is 1.90 bits per heavy atom. The van der Waals surface area contributed by atoms with E-state index in [4.69, 9.17) is 4.74 Å². The van der Waals surface area contributed by atoms with Crippen LogP contribution in [0.3, 0.4) is 0 Å². The van der Waals surface area contributed by atoms with Crippen LogP contribution in [0.25, 0.3) is 0 Å². The van der Waals surface area contributed by atoms with Gasteiger partial charge in [-0.3, -0.25) is 4.98 Å². The molecule has 0 fully saturated rings. The third kappa shape index (κ3) is 3.26. The number of anilines is 1. The number of nitrogens with zero attached hydrogens (tertiary/aromatic N) is 2. The summed E-state index contributed by atoms with van der Waals surface area (Å²) in [5.74, 6) is 1.98. The first-order chi connectivity index (χ1) is 9.40. The molecule has 0 atom stereocenters. The van der Waals surface area contributed by atoms with E-state index in [2.05, 4.69) is 48.2 Å². The van der Waals surface area contributed by atoms with Crippen molar-refractivity contribution in [2.24, 2.45) is 0 Å². The third-order valence-corrected chi connectivity index (χ3v) is 3.12. The van der Waals surface area contributed by atoms with Crippen LogP contribution in [0.4, 0.5) is 5.82 Å². The highest BCUT2D eigenvalue weighted by Gasteiger charge is 2.15. The molecule has 0 saturated carbocycles. The van der Waals surface area contributed by atoms with Crippen LogP contribution < -0.4 is 10.1 Å². The molecule has 1 aromatic heterocycles. The summed E-state index contributed by atoms with van der Waals surface area (Å²) >= 11 is 0. The Balaban J connectivity index is 2.25. The monoisotopic (exact) mass is 271 g/mol. The second-order valence-corrected chi connectivity index (χ2v) is 5.82. The van der Waals surface area contributed by atoms with E-state index in [1.807, 2.05) is 13.0 Å². The summed E-state index contributed by atoms with van der Waals surface area (Å²) in [6, 6.07) is 6.24. The van der Waals surface area contributed by atoms with Crippen molar-refractivity contribution in [3.05, 3.63) is 41.7 Å². The number of hydrogen-bond donors (Lipinski definition) is 1. The van der Waals surface area contributed by atoms with Gasteiger partial charge in [-0.15, -0.1) is 0 Å². The van der Waals surface area contributed by atoms with Crippen molar-refractivity contribution in [2.45, 2.75) is 33.1 Å². The summed E-state index contributed by atoms with van der Waals surface area (Å²) in [6.07, 6.45) is 3.26. The lowest BCUT2D eigenvalue weighted by atomic mass is 9.86. The molecule has 0 bridgehead atoms. The average Bonchev–Trinajstić information content (AvgIpc) is 2.40. The van der Waals surface area contributed by atoms with Crippen LogP contribution in [-0.4, -0.2) is 17.0 Å². The van der Waals surface area contributed by atoms with Crippen LogP contribution in [0.15, 0.2) is 30.6 Å². The van der Waals surface area contributed by atoms with Gasteiger partial charge in [-0.25, -0.2) is 0 Å². The topological polar surface area (TPSA) is 47.0 Å². The molecule has 0 aliphatic rings. The maximum atomic E-state index is 5.81. The molecule has 1 N–H and O–H groups in total. The standard InChI is InChI=1S/C16H21N3O/c1-11-8-12(16(2,3)4)6-7-13(11)20-15-10-18-9-14(17-5)19-15/h6-10H,1-5H3,(H,17,19). The number of aryl methyl sites for hydroxylation is 1. The van der Waals surface area contributed by atoms with Crippen LogP contribution in [-0.2, 0) is 5.41 Å². The average molecular weight is 271 g/mol. The van der Waals surface area contributed by atoms with E-state index in [0.29, 0.717) is 11.7 Å². The molecule has 2 aromatic rings. The van der Waals surface area contributed by atoms with Crippen molar-refractivity contribution in [2.75, 3.05) is 12.4 Å². The van der Waals surface area contributed by atoms with Gasteiger partial charge in [0.1, 0.15) is 11.6 Å². The van der Waals surface area contributed by atoms with E-state index >= 15 is 0 Å². The zero-order chi connectivity index (χ0) is 14.8. The molecule has 1 aromatic carbocycles. The molecular formula is C16H21N3O. The fourth-order valence-corrected chi connectivity index (χ4v) is 1.86. The summed E-state index contributed by atoms with van der Waals surface area (Å²) in [4.78, 5) is 8.39. The second kappa shape index (κ2) is 5.49. The van der Waals surface area contributed by atoms with E-state index in [1.54, 1.807) is 19.4 Å². The van der Waals surface area contributed by atoms with Gasteiger partial charge in [0.25, 0.3) is 0 Å². The molecule has 0 aliphatic heterocycles. The molecule has 1 heterocycles. The van der Waals surface area contributed by atoms with Gasteiger partial charge in [-0.2, -0.15) is 4.98 Å². The Kier molecular flexibility index (Phi) is 3.93. The van der Waals surface area contributed by atoms with Crippen molar-refractivity contribution in [3.63, 3.8) is 0 Å². The zero-order valence-corrected chi connectivity index (χ0v) is 12.7. The largest absolute Gasteiger partial charge is 0.437 e. The Hall–Kier alpha value is -2.10. The highest BCUT2D eigenvalue weighted by molar-refractivity contribution is 5.41. The first kappa shape index (κ1) is 14.3. The van der Waals surface area contributed by atoms with Gasteiger partial charge in [0.2, 0.25) is 5.88 Å². The fraction of sp³-hybridized carbons (Fsp3) is 0.375. The number of hydrogen-bond acceptors (Lipinski definition) is 4. The van der Waals surface area contributed by atoms with Gasteiger partial charge in [0.05, 0.1) is 12.4 Å². The molecule has 0 amide bonds. The van der Waals surface area contributed by atoms with Crippen molar-refractivity contribution in [1.82, 2.24) is 9.97 Å². The van der Waals surface area contributed by atoms with Crippen molar-refractivity contribution < 1.29 is 4.74 Å². The number of ether oxygens (including phenoxy) is 1. The molecule has 0 aliphatic carbocycles. The summed E-state index contributed by atoms with van der Waals surface area (Å²) in [5.41, 5.74) is 2.52. The van der Waals surface area contributed by atoms with E-state index in [0.717, 1.165) is 11.3 Å². The Morgan fingerprint density at radius 1 is 1.15 bits per heavy atom.